The highest BCUT2D eigenvalue weighted by atomic mass is 16.5. The van der Waals surface area contributed by atoms with E-state index in [-0.39, 0.29) is 12.0 Å². The van der Waals surface area contributed by atoms with Gasteiger partial charge in [-0.25, -0.2) is 4.99 Å². The summed E-state index contributed by atoms with van der Waals surface area (Å²) in [5.41, 5.74) is 2.60. The van der Waals surface area contributed by atoms with Gasteiger partial charge in [0.1, 0.15) is 0 Å². The van der Waals surface area contributed by atoms with Crippen molar-refractivity contribution in [3.8, 4) is 0 Å². The van der Waals surface area contributed by atoms with Gasteiger partial charge < -0.3 is 20.5 Å². The van der Waals surface area contributed by atoms with Crippen LogP contribution in [0.25, 0.3) is 0 Å². The molecule has 5 heteroatoms. The van der Waals surface area contributed by atoms with Gasteiger partial charge in [-0.1, -0.05) is 43.5 Å². The maximum atomic E-state index is 9.52. The molecule has 0 saturated heterocycles. The van der Waals surface area contributed by atoms with E-state index in [9.17, 15) is 5.11 Å². The first-order valence-corrected chi connectivity index (χ1v) is 10.5. The zero-order valence-corrected chi connectivity index (χ0v) is 17.1. The molecule has 1 fully saturated rings. The molecule has 1 saturated carbocycles. The van der Waals surface area contributed by atoms with Gasteiger partial charge in [0.15, 0.2) is 5.96 Å². The van der Waals surface area contributed by atoms with Crippen LogP contribution in [0.5, 0.6) is 0 Å². The van der Waals surface area contributed by atoms with Crippen molar-refractivity contribution >= 4 is 5.96 Å². The van der Waals surface area contributed by atoms with Crippen LogP contribution < -0.4 is 10.6 Å². The van der Waals surface area contributed by atoms with Crippen LogP contribution in [0.1, 0.15) is 63.5 Å². The van der Waals surface area contributed by atoms with Gasteiger partial charge in [-0.05, 0) is 49.7 Å². The van der Waals surface area contributed by atoms with Gasteiger partial charge in [-0.15, -0.1) is 0 Å². The van der Waals surface area contributed by atoms with Gasteiger partial charge in [-0.3, -0.25) is 0 Å². The SMILES string of the molecule is CCNC(=NCc1ccccc1COCC)NCC1(CCO)CCCCC1. The first-order chi connectivity index (χ1) is 13.2. The third-order valence-corrected chi connectivity index (χ3v) is 5.52. The lowest BCUT2D eigenvalue weighted by Gasteiger charge is -2.37. The lowest BCUT2D eigenvalue weighted by Crippen LogP contribution is -2.45. The summed E-state index contributed by atoms with van der Waals surface area (Å²) < 4.78 is 5.58. The predicted octanol–water partition coefficient (Wildman–Crippen LogP) is 3.61. The molecule has 1 aliphatic rings. The molecule has 0 heterocycles. The number of nitrogens with zero attached hydrogens (tertiary/aromatic N) is 1. The molecular formula is C22H37N3O2. The number of rotatable bonds is 10. The predicted molar refractivity (Wildman–Crippen MR) is 112 cm³/mol. The minimum absolute atomic E-state index is 0.204. The fourth-order valence-electron chi connectivity index (χ4n) is 3.90. The molecule has 2 rings (SSSR count). The Kier molecular flexibility index (Phi) is 9.64. The Labute approximate surface area is 164 Å². The first-order valence-electron chi connectivity index (χ1n) is 10.5. The molecule has 152 valence electrons. The number of hydrogen-bond donors (Lipinski definition) is 3. The maximum Gasteiger partial charge on any atom is 0.191 e. The van der Waals surface area contributed by atoms with Crippen LogP contribution in [0.4, 0.5) is 0 Å². The molecule has 27 heavy (non-hydrogen) atoms. The van der Waals surface area contributed by atoms with Crippen molar-refractivity contribution in [2.45, 2.75) is 65.5 Å². The number of ether oxygens (including phenoxy) is 1. The van der Waals surface area contributed by atoms with Crippen molar-refractivity contribution in [3.63, 3.8) is 0 Å². The average molecular weight is 376 g/mol. The number of aliphatic hydroxyl groups excluding tert-OH is 1. The minimum atomic E-state index is 0.204. The van der Waals surface area contributed by atoms with E-state index in [2.05, 4.69) is 35.8 Å². The number of aliphatic hydroxyl groups is 1. The second kappa shape index (κ2) is 12.0. The van der Waals surface area contributed by atoms with E-state index in [4.69, 9.17) is 9.73 Å². The van der Waals surface area contributed by atoms with E-state index in [1.807, 2.05) is 13.0 Å². The summed E-state index contributed by atoms with van der Waals surface area (Å²) in [7, 11) is 0. The number of hydrogen-bond acceptors (Lipinski definition) is 3. The Morgan fingerprint density at radius 3 is 2.52 bits per heavy atom. The molecule has 5 nitrogen and oxygen atoms in total. The van der Waals surface area contributed by atoms with Crippen LogP contribution in [0.2, 0.25) is 0 Å². The Hall–Kier alpha value is -1.59. The van der Waals surface area contributed by atoms with Crippen molar-refractivity contribution in [3.05, 3.63) is 35.4 Å². The van der Waals surface area contributed by atoms with E-state index < -0.39 is 0 Å². The lowest BCUT2D eigenvalue weighted by atomic mass is 9.72. The molecule has 1 aliphatic carbocycles. The van der Waals surface area contributed by atoms with Crippen LogP contribution >= 0.6 is 0 Å². The van der Waals surface area contributed by atoms with Gasteiger partial charge in [0.2, 0.25) is 0 Å². The summed E-state index contributed by atoms with van der Waals surface area (Å²) in [5.74, 6) is 0.853. The highest BCUT2D eigenvalue weighted by Crippen LogP contribution is 2.38. The highest BCUT2D eigenvalue weighted by molar-refractivity contribution is 5.79. The van der Waals surface area contributed by atoms with Crippen LogP contribution in [0.3, 0.4) is 0 Å². The normalized spacial score (nSPS) is 16.9. The van der Waals surface area contributed by atoms with E-state index in [0.29, 0.717) is 13.2 Å². The highest BCUT2D eigenvalue weighted by Gasteiger charge is 2.31. The fourth-order valence-corrected chi connectivity index (χ4v) is 3.90. The molecular weight excluding hydrogens is 338 g/mol. The van der Waals surface area contributed by atoms with Crippen molar-refractivity contribution in [2.75, 3.05) is 26.3 Å². The van der Waals surface area contributed by atoms with E-state index in [1.54, 1.807) is 0 Å². The van der Waals surface area contributed by atoms with E-state index in [0.717, 1.165) is 32.1 Å². The molecule has 0 atom stereocenters. The second-order valence-electron chi connectivity index (χ2n) is 7.49. The summed E-state index contributed by atoms with van der Waals surface area (Å²) in [5, 5.41) is 16.4. The zero-order valence-electron chi connectivity index (χ0n) is 17.1. The second-order valence-corrected chi connectivity index (χ2v) is 7.49. The number of nitrogens with one attached hydrogen (secondary N) is 2. The third kappa shape index (κ3) is 7.15. The summed E-state index contributed by atoms with van der Waals surface area (Å²) in [6.07, 6.45) is 7.10. The van der Waals surface area contributed by atoms with Crippen molar-refractivity contribution in [1.29, 1.82) is 0 Å². The van der Waals surface area contributed by atoms with Gasteiger partial charge in [0, 0.05) is 26.3 Å². The van der Waals surface area contributed by atoms with Crippen LogP contribution in [0.15, 0.2) is 29.3 Å². The van der Waals surface area contributed by atoms with Gasteiger partial charge in [0.05, 0.1) is 13.2 Å². The van der Waals surface area contributed by atoms with Crippen LogP contribution in [0, 0.1) is 5.41 Å². The molecule has 0 amide bonds. The van der Waals surface area contributed by atoms with Crippen molar-refractivity contribution in [1.82, 2.24) is 10.6 Å². The summed E-state index contributed by atoms with van der Waals surface area (Å²) in [4.78, 5) is 4.80. The van der Waals surface area contributed by atoms with E-state index >= 15 is 0 Å². The molecule has 0 radical (unpaired) electrons. The first kappa shape index (κ1) is 21.7. The van der Waals surface area contributed by atoms with Gasteiger partial charge >= 0.3 is 0 Å². The van der Waals surface area contributed by atoms with E-state index in [1.165, 1.54) is 43.2 Å². The molecule has 3 N–H and O–H groups in total. The summed E-state index contributed by atoms with van der Waals surface area (Å²) in [6.45, 7) is 8.05. The largest absolute Gasteiger partial charge is 0.396 e. The number of aliphatic imine (C=N–C) groups is 1. The number of guanidine groups is 1. The molecule has 0 unspecified atom stereocenters. The van der Waals surface area contributed by atoms with Crippen molar-refractivity contribution in [2.24, 2.45) is 10.4 Å². The number of benzene rings is 1. The van der Waals surface area contributed by atoms with Gasteiger partial charge in [-0.2, -0.15) is 0 Å². The molecule has 0 aliphatic heterocycles. The Bertz CT molecular complexity index is 563. The quantitative estimate of drug-likeness (QED) is 0.432. The average Bonchev–Trinajstić information content (AvgIpc) is 2.70. The zero-order chi connectivity index (χ0) is 19.4. The fraction of sp³-hybridized carbons (Fsp3) is 0.682. The van der Waals surface area contributed by atoms with Crippen LogP contribution in [-0.2, 0) is 17.9 Å². The summed E-state index contributed by atoms with van der Waals surface area (Å²) >= 11 is 0. The Morgan fingerprint density at radius 1 is 1.11 bits per heavy atom. The third-order valence-electron chi connectivity index (χ3n) is 5.52. The Balaban J connectivity index is 2.01. The molecule has 1 aromatic carbocycles. The Morgan fingerprint density at radius 2 is 1.85 bits per heavy atom. The molecule has 1 aromatic rings. The lowest BCUT2D eigenvalue weighted by molar-refractivity contribution is 0.131. The maximum absolute atomic E-state index is 9.52. The minimum Gasteiger partial charge on any atom is -0.396 e. The molecule has 0 spiro atoms. The molecule has 0 aromatic heterocycles. The molecule has 0 bridgehead atoms. The smallest absolute Gasteiger partial charge is 0.191 e. The monoisotopic (exact) mass is 375 g/mol. The summed E-state index contributed by atoms with van der Waals surface area (Å²) in [6, 6.07) is 8.33. The van der Waals surface area contributed by atoms with Gasteiger partial charge in [0.25, 0.3) is 0 Å². The van der Waals surface area contributed by atoms with Crippen molar-refractivity contribution < 1.29 is 9.84 Å². The van der Waals surface area contributed by atoms with Crippen LogP contribution in [-0.4, -0.2) is 37.4 Å². The standard InChI is InChI=1S/C22H37N3O2/c1-3-23-21(25-18-22(14-15-26)12-8-5-9-13-22)24-16-19-10-6-7-11-20(19)17-27-4-2/h6-7,10-11,26H,3-5,8-9,12-18H2,1-2H3,(H2,23,24,25). The topological polar surface area (TPSA) is 65.9 Å².